The Balaban J connectivity index is 1.86. The minimum Gasteiger partial charge on any atom is -0.480 e. The number of carboxylic acids is 1. The molecule has 0 aromatic heterocycles. The molecule has 2 aromatic carbocycles. The van der Waals surface area contributed by atoms with Crippen molar-refractivity contribution < 1.29 is 51.8 Å². The van der Waals surface area contributed by atoms with E-state index in [4.69, 9.17) is 5.73 Å². The van der Waals surface area contributed by atoms with Gasteiger partial charge in [-0.15, -0.1) is 0 Å². The van der Waals surface area contributed by atoms with Crippen LogP contribution >= 0.6 is 0 Å². The number of alkyl halides is 3. The average Bonchev–Trinajstić information content (AvgIpc) is 2.98. The molecule has 2 aromatic rings. The van der Waals surface area contributed by atoms with E-state index in [2.05, 4.69) is 26.0 Å². The van der Waals surface area contributed by atoms with E-state index >= 15 is 0 Å². The van der Waals surface area contributed by atoms with E-state index in [0.717, 1.165) is 12.1 Å². The lowest BCUT2D eigenvalue weighted by atomic mass is 10.0. The highest BCUT2D eigenvalue weighted by molar-refractivity contribution is 5.93. The smallest absolute Gasteiger partial charge is 0.480 e. The van der Waals surface area contributed by atoms with Crippen molar-refractivity contribution in [1.82, 2.24) is 21.3 Å². The summed E-state index contributed by atoms with van der Waals surface area (Å²) in [7, 11) is 0. The monoisotopic (exact) mass is 651 g/mol. The van der Waals surface area contributed by atoms with Gasteiger partial charge in [-0.25, -0.2) is 9.59 Å². The van der Waals surface area contributed by atoms with Crippen LogP contribution in [-0.4, -0.2) is 78.1 Å². The maximum absolute atomic E-state index is 13.0. The molecule has 16 heteroatoms. The summed E-state index contributed by atoms with van der Waals surface area (Å²) in [6, 6.07) is 10.1. The average molecular weight is 652 g/mol. The number of carboxylic acid groups (broad SMARTS) is 1. The van der Waals surface area contributed by atoms with Crippen molar-refractivity contribution in [2.45, 2.75) is 57.4 Å². The lowest BCUT2D eigenvalue weighted by molar-refractivity contribution is -0.189. The summed E-state index contributed by atoms with van der Waals surface area (Å²) in [4.78, 5) is 72.7. The van der Waals surface area contributed by atoms with Crippen LogP contribution in [-0.2, 0) is 41.6 Å². The highest BCUT2D eigenvalue weighted by Gasteiger charge is 2.41. The standard InChI is InChI=1S/C30H36F3N5O8/c1-17(2)12-23(28(43)44)38-27(42)22(14-18-6-4-3-5-7-18)37-25(40)16-35-24(39)15-36-26(41)21(34)13-19-8-10-20(11-9-19)46-29(45)30(31,32)33/h3-11,17,21-23H,12-16,34H2,1-2H3,(H,35,39)(H,36,41)(H,37,40)(H,38,42)(H,43,44)/t21-,22-,23-/m0/s1. The number of nitrogens with two attached hydrogens (primary N) is 1. The van der Waals surface area contributed by atoms with Crippen molar-refractivity contribution >= 4 is 35.6 Å². The van der Waals surface area contributed by atoms with Gasteiger partial charge in [-0.05, 0) is 42.0 Å². The third-order valence-corrected chi connectivity index (χ3v) is 6.28. The van der Waals surface area contributed by atoms with Crippen LogP contribution in [0.2, 0.25) is 0 Å². The molecule has 0 saturated heterocycles. The third-order valence-electron chi connectivity index (χ3n) is 6.28. The Kier molecular flexibility index (Phi) is 14.1. The molecule has 0 bridgehead atoms. The Morgan fingerprint density at radius 3 is 1.93 bits per heavy atom. The number of hydrogen-bond acceptors (Lipinski definition) is 8. The van der Waals surface area contributed by atoms with Crippen LogP contribution in [0.5, 0.6) is 5.75 Å². The molecule has 2 rings (SSSR count). The predicted molar refractivity (Wildman–Crippen MR) is 157 cm³/mol. The van der Waals surface area contributed by atoms with Crippen LogP contribution in [0.25, 0.3) is 0 Å². The zero-order valence-electron chi connectivity index (χ0n) is 25.1. The fourth-order valence-corrected chi connectivity index (χ4v) is 4.01. The number of hydrogen-bond donors (Lipinski definition) is 6. The first-order valence-corrected chi connectivity index (χ1v) is 14.1. The largest absolute Gasteiger partial charge is 0.491 e. The summed E-state index contributed by atoms with van der Waals surface area (Å²) in [5, 5.41) is 19.0. The molecule has 7 N–H and O–H groups in total. The van der Waals surface area contributed by atoms with Gasteiger partial charge >= 0.3 is 18.1 Å². The van der Waals surface area contributed by atoms with Gasteiger partial charge in [-0.3, -0.25) is 19.2 Å². The summed E-state index contributed by atoms with van der Waals surface area (Å²) in [6.45, 7) is 2.50. The van der Waals surface area contributed by atoms with Gasteiger partial charge in [0.25, 0.3) is 0 Å². The Bertz CT molecular complexity index is 1370. The molecule has 0 aliphatic heterocycles. The Labute approximate surface area is 262 Å². The topological polar surface area (TPSA) is 206 Å². The summed E-state index contributed by atoms with van der Waals surface area (Å²) < 4.78 is 41.2. The summed E-state index contributed by atoms with van der Waals surface area (Å²) in [5.74, 6) is -6.92. The quantitative estimate of drug-likeness (QED) is 0.111. The van der Waals surface area contributed by atoms with Crippen molar-refractivity contribution in [2.75, 3.05) is 13.1 Å². The van der Waals surface area contributed by atoms with Gasteiger partial charge in [0.15, 0.2) is 0 Å². The van der Waals surface area contributed by atoms with Gasteiger partial charge in [-0.1, -0.05) is 56.3 Å². The predicted octanol–water partition coefficient (Wildman–Crippen LogP) is 0.600. The maximum atomic E-state index is 13.0. The summed E-state index contributed by atoms with van der Waals surface area (Å²) in [5.41, 5.74) is 6.97. The van der Waals surface area contributed by atoms with Gasteiger partial charge in [0, 0.05) is 6.42 Å². The van der Waals surface area contributed by atoms with E-state index in [1.54, 1.807) is 44.2 Å². The fraction of sp³-hybridized carbons (Fsp3) is 0.400. The zero-order chi connectivity index (χ0) is 34.4. The molecule has 250 valence electrons. The van der Waals surface area contributed by atoms with E-state index in [-0.39, 0.29) is 30.9 Å². The Morgan fingerprint density at radius 1 is 0.783 bits per heavy atom. The second-order valence-corrected chi connectivity index (χ2v) is 10.7. The number of halogens is 3. The van der Waals surface area contributed by atoms with Crippen LogP contribution in [0.15, 0.2) is 54.6 Å². The van der Waals surface area contributed by atoms with Crippen LogP contribution in [0.4, 0.5) is 13.2 Å². The maximum Gasteiger partial charge on any atom is 0.491 e. The molecule has 0 radical (unpaired) electrons. The van der Waals surface area contributed by atoms with Crippen molar-refractivity contribution in [2.24, 2.45) is 11.7 Å². The number of carbonyl (C=O) groups is 6. The number of amides is 4. The molecule has 0 spiro atoms. The van der Waals surface area contributed by atoms with E-state index < -0.39 is 73.0 Å². The number of nitrogens with one attached hydrogen (secondary N) is 4. The van der Waals surface area contributed by atoms with Gasteiger partial charge in [-0.2, -0.15) is 13.2 Å². The fourth-order valence-electron chi connectivity index (χ4n) is 4.01. The number of rotatable bonds is 16. The second kappa shape index (κ2) is 17.5. The van der Waals surface area contributed by atoms with Crippen LogP contribution < -0.4 is 31.7 Å². The lowest BCUT2D eigenvalue weighted by Crippen LogP contribution is -2.54. The highest BCUT2D eigenvalue weighted by Crippen LogP contribution is 2.20. The molecule has 3 atom stereocenters. The number of aliphatic carboxylic acids is 1. The first kappa shape index (κ1) is 37.2. The first-order chi connectivity index (χ1) is 21.5. The van der Waals surface area contributed by atoms with Crippen molar-refractivity contribution in [3.63, 3.8) is 0 Å². The lowest BCUT2D eigenvalue weighted by Gasteiger charge is -2.22. The van der Waals surface area contributed by atoms with E-state index in [0.29, 0.717) is 11.1 Å². The molecule has 4 amide bonds. The van der Waals surface area contributed by atoms with Crippen LogP contribution in [0.3, 0.4) is 0 Å². The van der Waals surface area contributed by atoms with Crippen LogP contribution in [0, 0.1) is 5.92 Å². The van der Waals surface area contributed by atoms with Gasteiger partial charge in [0.05, 0.1) is 19.1 Å². The van der Waals surface area contributed by atoms with Gasteiger partial charge in [0.1, 0.15) is 17.8 Å². The van der Waals surface area contributed by atoms with Crippen LogP contribution in [0.1, 0.15) is 31.4 Å². The van der Waals surface area contributed by atoms with E-state index in [9.17, 15) is 47.0 Å². The number of ether oxygens (including phenoxy) is 1. The van der Waals surface area contributed by atoms with E-state index in [1.165, 1.54) is 12.1 Å². The molecule has 0 saturated carbocycles. The van der Waals surface area contributed by atoms with Crippen molar-refractivity contribution in [1.29, 1.82) is 0 Å². The molecule has 0 unspecified atom stereocenters. The second-order valence-electron chi connectivity index (χ2n) is 10.7. The van der Waals surface area contributed by atoms with Crippen molar-refractivity contribution in [3.8, 4) is 5.75 Å². The molecule has 13 nitrogen and oxygen atoms in total. The summed E-state index contributed by atoms with van der Waals surface area (Å²) in [6.07, 6.45) is -4.99. The number of benzene rings is 2. The minimum absolute atomic E-state index is 0.0249. The minimum atomic E-state index is -5.16. The number of esters is 1. The molecule has 46 heavy (non-hydrogen) atoms. The van der Waals surface area contributed by atoms with E-state index in [1.807, 2.05) is 0 Å². The first-order valence-electron chi connectivity index (χ1n) is 14.1. The highest BCUT2D eigenvalue weighted by atomic mass is 19.4. The SMILES string of the molecule is CC(C)C[C@H](NC(=O)[C@H](Cc1ccccc1)NC(=O)CNC(=O)CNC(=O)[C@@H](N)Cc1ccc(OC(=O)C(F)(F)F)cc1)C(=O)O. The molecular weight excluding hydrogens is 615 g/mol. The summed E-state index contributed by atoms with van der Waals surface area (Å²) >= 11 is 0. The zero-order valence-corrected chi connectivity index (χ0v) is 25.1. The normalized spacial score (nSPS) is 13.1. The van der Waals surface area contributed by atoms with Gasteiger partial charge in [0.2, 0.25) is 23.6 Å². The molecule has 0 fully saturated rings. The molecule has 0 aliphatic carbocycles. The van der Waals surface area contributed by atoms with Crippen molar-refractivity contribution in [3.05, 3.63) is 65.7 Å². The molecule has 0 aliphatic rings. The number of carbonyl (C=O) groups excluding carboxylic acids is 5. The molecular formula is C30H36F3N5O8. The van der Waals surface area contributed by atoms with Gasteiger partial charge < -0.3 is 36.8 Å². The Hall–Kier alpha value is -4.99. The molecule has 0 heterocycles. The Morgan fingerprint density at radius 2 is 1.37 bits per heavy atom. The third kappa shape index (κ3) is 13.3.